The standard InChI is InChI=1S/C14H15BrO2/c1-14(2)11(12(15)13(14)16)9-4-3-5-10-8(9)6-7-17-10/h3-5,11-12H,6-7H2,1-2H3. The van der Waals surface area contributed by atoms with Crippen molar-refractivity contribution in [3.63, 3.8) is 0 Å². The molecule has 90 valence electrons. The van der Waals surface area contributed by atoms with E-state index in [9.17, 15) is 4.79 Å². The van der Waals surface area contributed by atoms with Crippen LogP contribution in [0.5, 0.6) is 5.75 Å². The van der Waals surface area contributed by atoms with E-state index in [-0.39, 0.29) is 16.2 Å². The second-order valence-electron chi connectivity index (χ2n) is 5.39. The molecule has 0 radical (unpaired) electrons. The molecule has 2 aliphatic rings. The summed E-state index contributed by atoms with van der Waals surface area (Å²) in [6, 6.07) is 6.18. The van der Waals surface area contributed by atoms with E-state index in [0.717, 1.165) is 18.8 Å². The number of rotatable bonds is 1. The maximum atomic E-state index is 11.9. The summed E-state index contributed by atoms with van der Waals surface area (Å²) in [7, 11) is 0. The molecule has 1 aromatic carbocycles. The average Bonchev–Trinajstić information content (AvgIpc) is 2.77. The van der Waals surface area contributed by atoms with Crippen molar-refractivity contribution >= 4 is 21.7 Å². The van der Waals surface area contributed by atoms with Crippen molar-refractivity contribution in [2.75, 3.05) is 6.61 Å². The third-order valence-corrected chi connectivity index (χ3v) is 5.01. The number of carbonyl (C=O) groups is 1. The smallest absolute Gasteiger partial charge is 0.153 e. The fraction of sp³-hybridized carbons (Fsp3) is 0.500. The highest BCUT2D eigenvalue weighted by Gasteiger charge is 2.56. The SMILES string of the molecule is CC1(C)C(=O)C(Br)C1c1cccc2c1CCO2. The zero-order valence-corrected chi connectivity index (χ0v) is 11.6. The summed E-state index contributed by atoms with van der Waals surface area (Å²) in [6.07, 6.45) is 0.964. The van der Waals surface area contributed by atoms with Crippen LogP contribution < -0.4 is 4.74 Å². The van der Waals surface area contributed by atoms with Crippen molar-refractivity contribution in [1.82, 2.24) is 0 Å². The molecule has 0 bridgehead atoms. The number of benzene rings is 1. The summed E-state index contributed by atoms with van der Waals surface area (Å²) >= 11 is 3.52. The number of carbonyl (C=O) groups excluding carboxylic acids is 1. The van der Waals surface area contributed by atoms with Gasteiger partial charge >= 0.3 is 0 Å². The van der Waals surface area contributed by atoms with Crippen molar-refractivity contribution in [3.05, 3.63) is 29.3 Å². The molecular formula is C14H15BrO2. The highest BCUT2D eigenvalue weighted by atomic mass is 79.9. The molecule has 3 heteroatoms. The van der Waals surface area contributed by atoms with E-state index >= 15 is 0 Å². The third kappa shape index (κ3) is 1.41. The molecule has 2 atom stereocenters. The fourth-order valence-electron chi connectivity index (χ4n) is 3.02. The van der Waals surface area contributed by atoms with E-state index in [4.69, 9.17) is 4.74 Å². The van der Waals surface area contributed by atoms with Gasteiger partial charge in [-0.15, -0.1) is 0 Å². The van der Waals surface area contributed by atoms with Crippen molar-refractivity contribution in [3.8, 4) is 5.75 Å². The van der Waals surface area contributed by atoms with Gasteiger partial charge in [-0.25, -0.2) is 0 Å². The third-order valence-electron chi connectivity index (χ3n) is 4.07. The van der Waals surface area contributed by atoms with Gasteiger partial charge < -0.3 is 4.74 Å². The Hall–Kier alpha value is -0.830. The van der Waals surface area contributed by atoms with Crippen molar-refractivity contribution < 1.29 is 9.53 Å². The summed E-state index contributed by atoms with van der Waals surface area (Å²) in [6.45, 7) is 4.83. The Morgan fingerprint density at radius 3 is 2.88 bits per heavy atom. The van der Waals surface area contributed by atoms with E-state index in [0.29, 0.717) is 5.78 Å². The molecule has 0 N–H and O–H groups in total. The minimum absolute atomic E-state index is 0.0374. The summed E-state index contributed by atoms with van der Waals surface area (Å²) in [5.41, 5.74) is 2.32. The Morgan fingerprint density at radius 2 is 2.18 bits per heavy atom. The van der Waals surface area contributed by atoms with Crippen LogP contribution in [0.3, 0.4) is 0 Å². The molecule has 0 amide bonds. The lowest BCUT2D eigenvalue weighted by Crippen LogP contribution is -2.53. The molecular weight excluding hydrogens is 280 g/mol. The monoisotopic (exact) mass is 294 g/mol. The molecule has 0 saturated heterocycles. The van der Waals surface area contributed by atoms with Crippen LogP contribution in [0.4, 0.5) is 0 Å². The molecule has 1 aromatic rings. The van der Waals surface area contributed by atoms with Gasteiger partial charge in [-0.05, 0) is 11.6 Å². The number of alkyl halides is 1. The molecule has 1 saturated carbocycles. The predicted octanol–water partition coefficient (Wildman–Crippen LogP) is 3.08. The predicted molar refractivity (Wildman–Crippen MR) is 69.9 cm³/mol. The number of Topliss-reactive ketones (excluding diaryl/α,β-unsaturated/α-hetero) is 1. The quantitative estimate of drug-likeness (QED) is 0.744. The Balaban J connectivity index is 2.07. The van der Waals surface area contributed by atoms with Gasteiger partial charge in [0.2, 0.25) is 0 Å². The lowest BCUT2D eigenvalue weighted by molar-refractivity contribution is -0.136. The summed E-state index contributed by atoms with van der Waals surface area (Å²) < 4.78 is 5.59. The maximum absolute atomic E-state index is 11.9. The zero-order valence-electron chi connectivity index (χ0n) is 10.00. The minimum atomic E-state index is -0.258. The molecule has 1 heterocycles. The summed E-state index contributed by atoms with van der Waals surface area (Å²) in [5.74, 6) is 1.57. The highest BCUT2D eigenvalue weighted by molar-refractivity contribution is 9.10. The first-order valence-electron chi connectivity index (χ1n) is 5.96. The van der Waals surface area contributed by atoms with Crippen LogP contribution in [0, 0.1) is 5.41 Å². The van der Waals surface area contributed by atoms with E-state index in [1.54, 1.807) is 0 Å². The Kier molecular flexibility index (Phi) is 2.37. The van der Waals surface area contributed by atoms with Gasteiger partial charge in [-0.3, -0.25) is 4.79 Å². The number of halogens is 1. The van der Waals surface area contributed by atoms with E-state index in [1.165, 1.54) is 11.1 Å². The Bertz CT molecular complexity index is 493. The summed E-state index contributed by atoms with van der Waals surface area (Å²) in [4.78, 5) is 11.9. The van der Waals surface area contributed by atoms with Crippen LogP contribution in [-0.2, 0) is 11.2 Å². The van der Waals surface area contributed by atoms with Crippen molar-refractivity contribution in [2.24, 2.45) is 5.41 Å². The van der Waals surface area contributed by atoms with Gasteiger partial charge in [-0.1, -0.05) is 41.9 Å². The van der Waals surface area contributed by atoms with Crippen LogP contribution >= 0.6 is 15.9 Å². The van der Waals surface area contributed by atoms with Crippen molar-refractivity contribution in [1.29, 1.82) is 0 Å². The van der Waals surface area contributed by atoms with Crippen LogP contribution in [0.25, 0.3) is 0 Å². The van der Waals surface area contributed by atoms with Gasteiger partial charge in [-0.2, -0.15) is 0 Å². The molecule has 2 nitrogen and oxygen atoms in total. The number of hydrogen-bond acceptors (Lipinski definition) is 2. The van der Waals surface area contributed by atoms with Crippen LogP contribution in [0.2, 0.25) is 0 Å². The van der Waals surface area contributed by atoms with Gasteiger partial charge in [0.25, 0.3) is 0 Å². The van der Waals surface area contributed by atoms with Gasteiger partial charge in [0, 0.05) is 23.3 Å². The normalized spacial score (nSPS) is 29.5. The fourth-order valence-corrected chi connectivity index (χ4v) is 4.55. The van der Waals surface area contributed by atoms with Crippen LogP contribution in [0.15, 0.2) is 18.2 Å². The Morgan fingerprint density at radius 1 is 1.41 bits per heavy atom. The molecule has 0 spiro atoms. The zero-order chi connectivity index (χ0) is 12.2. The first kappa shape index (κ1) is 11.3. The van der Waals surface area contributed by atoms with E-state index in [2.05, 4.69) is 22.0 Å². The molecule has 0 aromatic heterocycles. The molecule has 1 aliphatic heterocycles. The van der Waals surface area contributed by atoms with E-state index in [1.807, 2.05) is 26.0 Å². The summed E-state index contributed by atoms with van der Waals surface area (Å²) in [5, 5.41) is 0. The number of ketones is 1. The Labute approximate surface area is 109 Å². The average molecular weight is 295 g/mol. The van der Waals surface area contributed by atoms with Crippen molar-refractivity contribution in [2.45, 2.75) is 31.0 Å². The second kappa shape index (κ2) is 3.58. The van der Waals surface area contributed by atoms with Gasteiger partial charge in [0.15, 0.2) is 5.78 Å². The van der Waals surface area contributed by atoms with Gasteiger partial charge in [0.05, 0.1) is 11.4 Å². The second-order valence-corrected chi connectivity index (χ2v) is 6.37. The maximum Gasteiger partial charge on any atom is 0.153 e. The lowest BCUT2D eigenvalue weighted by Gasteiger charge is -2.47. The van der Waals surface area contributed by atoms with Crippen LogP contribution in [-0.4, -0.2) is 17.2 Å². The lowest BCUT2D eigenvalue weighted by atomic mass is 9.58. The molecule has 2 unspecified atom stereocenters. The van der Waals surface area contributed by atoms with Gasteiger partial charge in [0.1, 0.15) is 5.75 Å². The molecule has 3 rings (SSSR count). The number of hydrogen-bond donors (Lipinski definition) is 0. The first-order valence-corrected chi connectivity index (χ1v) is 6.88. The number of ether oxygens (including phenoxy) is 1. The largest absolute Gasteiger partial charge is 0.493 e. The highest BCUT2D eigenvalue weighted by Crippen LogP contribution is 2.54. The van der Waals surface area contributed by atoms with Crippen LogP contribution in [0.1, 0.15) is 30.9 Å². The minimum Gasteiger partial charge on any atom is -0.493 e. The molecule has 1 aliphatic carbocycles. The molecule has 17 heavy (non-hydrogen) atoms. The van der Waals surface area contributed by atoms with E-state index < -0.39 is 0 Å². The first-order chi connectivity index (χ1) is 8.03. The topological polar surface area (TPSA) is 26.3 Å². The number of fused-ring (bicyclic) bond motifs is 1. The molecule has 1 fully saturated rings.